The number of aromatic nitrogens is 3. The molecule has 1 amide bonds. The summed E-state index contributed by atoms with van der Waals surface area (Å²) in [6.45, 7) is 4.78. The SMILES string of the molecule is CCC(=O)CCCCC[C@H](NC(=O)Cc1c(C)[nH]c2ccc(OC)cc12)c1ncc(-c2ccc(CN(C)C)cc2)[nH]1. The second-order valence-corrected chi connectivity index (χ2v) is 11.0. The lowest BCUT2D eigenvalue weighted by molar-refractivity contribution is -0.121. The van der Waals surface area contributed by atoms with Crippen LogP contribution in [0.15, 0.2) is 48.7 Å². The van der Waals surface area contributed by atoms with Gasteiger partial charge in [-0.05, 0) is 68.8 Å². The molecule has 2 aromatic heterocycles. The molecular weight excluding hydrogens is 514 g/mol. The molecule has 0 bridgehead atoms. The van der Waals surface area contributed by atoms with Crippen molar-refractivity contribution in [2.24, 2.45) is 0 Å². The number of aromatic amines is 2. The van der Waals surface area contributed by atoms with E-state index in [4.69, 9.17) is 4.74 Å². The average Bonchev–Trinajstić information content (AvgIpc) is 3.56. The molecule has 2 heterocycles. The van der Waals surface area contributed by atoms with Crippen LogP contribution in [0.4, 0.5) is 0 Å². The number of aryl methyl sites for hydroxylation is 1. The Balaban J connectivity index is 1.49. The van der Waals surface area contributed by atoms with Gasteiger partial charge in [0.15, 0.2) is 0 Å². The zero-order chi connectivity index (χ0) is 29.4. The maximum atomic E-state index is 13.4. The molecule has 0 aliphatic heterocycles. The first-order valence-electron chi connectivity index (χ1n) is 14.5. The molecule has 8 nitrogen and oxygen atoms in total. The number of benzene rings is 2. The van der Waals surface area contributed by atoms with Crippen molar-refractivity contribution < 1.29 is 14.3 Å². The number of H-pyrrole nitrogens is 2. The number of imidazole rings is 1. The minimum Gasteiger partial charge on any atom is -0.497 e. The van der Waals surface area contributed by atoms with Crippen LogP contribution in [0.2, 0.25) is 0 Å². The molecule has 0 spiro atoms. The molecular formula is C33H43N5O3. The highest BCUT2D eigenvalue weighted by Crippen LogP contribution is 2.28. The molecule has 0 fully saturated rings. The van der Waals surface area contributed by atoms with Gasteiger partial charge in [0, 0.05) is 36.0 Å². The Labute approximate surface area is 242 Å². The topological polar surface area (TPSA) is 103 Å². The Morgan fingerprint density at radius 1 is 1.05 bits per heavy atom. The summed E-state index contributed by atoms with van der Waals surface area (Å²) in [5.74, 6) is 1.74. The van der Waals surface area contributed by atoms with E-state index in [-0.39, 0.29) is 18.4 Å². The van der Waals surface area contributed by atoms with E-state index in [1.807, 2.05) is 38.2 Å². The summed E-state index contributed by atoms with van der Waals surface area (Å²) >= 11 is 0. The number of fused-ring (bicyclic) bond motifs is 1. The highest BCUT2D eigenvalue weighted by molar-refractivity contribution is 5.91. The number of ether oxygens (including phenoxy) is 1. The van der Waals surface area contributed by atoms with Gasteiger partial charge in [0.1, 0.15) is 17.4 Å². The van der Waals surface area contributed by atoms with E-state index in [0.29, 0.717) is 18.6 Å². The summed E-state index contributed by atoms with van der Waals surface area (Å²) in [5.41, 5.74) is 6.14. The largest absolute Gasteiger partial charge is 0.497 e. The van der Waals surface area contributed by atoms with Crippen molar-refractivity contribution in [3.8, 4) is 17.0 Å². The Morgan fingerprint density at radius 2 is 1.83 bits per heavy atom. The number of ketones is 1. The van der Waals surface area contributed by atoms with E-state index < -0.39 is 0 Å². The third kappa shape index (κ3) is 8.07. The number of hydrogen-bond acceptors (Lipinski definition) is 5. The molecule has 8 heteroatoms. The van der Waals surface area contributed by atoms with Crippen molar-refractivity contribution in [1.82, 2.24) is 25.2 Å². The van der Waals surface area contributed by atoms with Crippen LogP contribution in [-0.2, 0) is 22.6 Å². The first-order chi connectivity index (χ1) is 19.8. The Bertz CT molecular complexity index is 1450. The van der Waals surface area contributed by atoms with Crippen LogP contribution in [0.1, 0.15) is 74.1 Å². The summed E-state index contributed by atoms with van der Waals surface area (Å²) in [4.78, 5) is 38.8. The molecule has 1 atom stereocenters. The van der Waals surface area contributed by atoms with Crippen LogP contribution in [0.3, 0.4) is 0 Å². The van der Waals surface area contributed by atoms with Crippen molar-refractivity contribution >= 4 is 22.6 Å². The Hall–Kier alpha value is -3.91. The Kier molecular flexibility index (Phi) is 10.4. The number of nitrogens with zero attached hydrogens (tertiary/aromatic N) is 2. The summed E-state index contributed by atoms with van der Waals surface area (Å²) < 4.78 is 5.41. The first-order valence-corrected chi connectivity index (χ1v) is 14.5. The van der Waals surface area contributed by atoms with Gasteiger partial charge in [0.25, 0.3) is 0 Å². The van der Waals surface area contributed by atoms with Crippen LogP contribution >= 0.6 is 0 Å². The number of carbonyl (C=O) groups excluding carboxylic acids is 2. The van der Waals surface area contributed by atoms with E-state index in [9.17, 15) is 9.59 Å². The molecule has 4 rings (SSSR count). The number of Topliss-reactive ketones (excluding diaryl/α,β-unsaturated/α-hetero) is 1. The van der Waals surface area contributed by atoms with E-state index >= 15 is 0 Å². The predicted molar refractivity (Wildman–Crippen MR) is 164 cm³/mol. The molecule has 0 aliphatic carbocycles. The molecule has 0 saturated carbocycles. The van der Waals surface area contributed by atoms with Gasteiger partial charge in [0.2, 0.25) is 5.91 Å². The molecule has 3 N–H and O–H groups in total. The summed E-state index contributed by atoms with van der Waals surface area (Å²) in [7, 11) is 5.76. The van der Waals surface area contributed by atoms with Gasteiger partial charge in [-0.2, -0.15) is 0 Å². The van der Waals surface area contributed by atoms with Crippen molar-refractivity contribution in [3.63, 3.8) is 0 Å². The highest BCUT2D eigenvalue weighted by atomic mass is 16.5. The minimum absolute atomic E-state index is 0.0611. The van der Waals surface area contributed by atoms with Crippen LogP contribution in [0.5, 0.6) is 5.75 Å². The van der Waals surface area contributed by atoms with Crippen molar-refractivity contribution in [2.75, 3.05) is 21.2 Å². The van der Waals surface area contributed by atoms with Crippen molar-refractivity contribution in [1.29, 1.82) is 0 Å². The third-order valence-electron chi connectivity index (χ3n) is 7.53. The number of amides is 1. The molecule has 2 aromatic carbocycles. The molecule has 41 heavy (non-hydrogen) atoms. The number of nitrogens with one attached hydrogen (secondary N) is 3. The monoisotopic (exact) mass is 557 g/mol. The van der Waals surface area contributed by atoms with Gasteiger partial charge in [-0.3, -0.25) is 9.59 Å². The lowest BCUT2D eigenvalue weighted by Gasteiger charge is -2.17. The lowest BCUT2D eigenvalue weighted by Crippen LogP contribution is -2.30. The third-order valence-corrected chi connectivity index (χ3v) is 7.53. The fourth-order valence-corrected chi connectivity index (χ4v) is 5.24. The maximum Gasteiger partial charge on any atom is 0.225 e. The number of unbranched alkanes of at least 4 members (excludes halogenated alkanes) is 2. The van der Waals surface area contributed by atoms with Crippen LogP contribution in [0.25, 0.3) is 22.2 Å². The van der Waals surface area contributed by atoms with Gasteiger partial charge in [-0.15, -0.1) is 0 Å². The van der Waals surface area contributed by atoms with E-state index in [2.05, 4.69) is 63.5 Å². The van der Waals surface area contributed by atoms with Crippen LogP contribution < -0.4 is 10.1 Å². The van der Waals surface area contributed by atoms with Gasteiger partial charge in [0.05, 0.1) is 31.5 Å². The highest BCUT2D eigenvalue weighted by Gasteiger charge is 2.20. The molecule has 0 saturated heterocycles. The minimum atomic E-state index is -0.258. The number of rotatable bonds is 15. The molecule has 4 aromatic rings. The van der Waals surface area contributed by atoms with Gasteiger partial charge < -0.3 is 24.9 Å². The molecule has 0 aliphatic rings. The van der Waals surface area contributed by atoms with Gasteiger partial charge in [-0.1, -0.05) is 44.0 Å². The zero-order valence-electron chi connectivity index (χ0n) is 25.0. The van der Waals surface area contributed by atoms with Gasteiger partial charge in [-0.25, -0.2) is 4.98 Å². The number of methoxy groups -OCH3 is 1. The molecule has 218 valence electrons. The Morgan fingerprint density at radius 3 is 2.54 bits per heavy atom. The van der Waals surface area contributed by atoms with Crippen LogP contribution in [0, 0.1) is 6.92 Å². The van der Waals surface area contributed by atoms with Crippen LogP contribution in [-0.4, -0.2) is 52.7 Å². The second kappa shape index (κ2) is 14.1. The number of carbonyl (C=O) groups is 2. The first kappa shape index (κ1) is 30.1. The predicted octanol–water partition coefficient (Wildman–Crippen LogP) is 6.27. The standard InChI is InChI=1S/C33H43N5O3/c1-6-25(39)10-8-7-9-11-30(33-34-20-31(37-33)24-14-12-23(13-15-24)21-38(3)4)36-32(40)19-27-22(2)35-29-17-16-26(41-5)18-28(27)29/h12-18,20,30,35H,6-11,19,21H2,1-5H3,(H,34,37)(H,36,40)/t30-/m0/s1. The molecule has 0 radical (unpaired) electrons. The second-order valence-electron chi connectivity index (χ2n) is 11.0. The van der Waals surface area contributed by atoms with E-state index in [1.54, 1.807) is 7.11 Å². The van der Waals surface area contributed by atoms with Gasteiger partial charge >= 0.3 is 0 Å². The maximum absolute atomic E-state index is 13.4. The average molecular weight is 558 g/mol. The van der Waals surface area contributed by atoms with Crippen molar-refractivity contribution in [2.45, 2.75) is 71.4 Å². The zero-order valence-corrected chi connectivity index (χ0v) is 25.0. The summed E-state index contributed by atoms with van der Waals surface area (Å²) in [6.07, 6.45) is 6.72. The quantitative estimate of drug-likeness (QED) is 0.150. The number of hydrogen-bond donors (Lipinski definition) is 3. The van der Waals surface area contributed by atoms with E-state index in [0.717, 1.165) is 77.2 Å². The smallest absolute Gasteiger partial charge is 0.225 e. The normalized spacial score (nSPS) is 12.1. The summed E-state index contributed by atoms with van der Waals surface area (Å²) in [6, 6.07) is 14.1. The van der Waals surface area contributed by atoms with E-state index in [1.165, 1.54) is 5.56 Å². The van der Waals surface area contributed by atoms with Crippen molar-refractivity contribution in [3.05, 3.63) is 71.3 Å². The fourth-order valence-electron chi connectivity index (χ4n) is 5.24. The summed E-state index contributed by atoms with van der Waals surface area (Å²) in [5, 5.41) is 4.24. The fraction of sp³-hybridized carbons (Fsp3) is 0.424. The lowest BCUT2D eigenvalue weighted by atomic mass is 10.0. The molecule has 0 unspecified atom stereocenters.